The monoisotopic (exact) mass is 310 g/mol. The second-order valence-corrected chi connectivity index (χ2v) is 6.09. The van der Waals surface area contributed by atoms with E-state index in [1.54, 1.807) is 0 Å². The first kappa shape index (κ1) is 14.1. The van der Waals surface area contributed by atoms with Gasteiger partial charge in [-0.15, -0.1) is 0 Å². The predicted molar refractivity (Wildman–Crippen MR) is 84.3 cm³/mol. The van der Waals surface area contributed by atoms with Crippen LogP contribution in [0.3, 0.4) is 0 Å². The van der Waals surface area contributed by atoms with Crippen LogP contribution >= 0.6 is 0 Å². The molecule has 0 spiro atoms. The molecule has 0 aliphatic heterocycles. The lowest BCUT2D eigenvalue weighted by Crippen LogP contribution is -2.34. The van der Waals surface area contributed by atoms with Crippen LogP contribution in [0.1, 0.15) is 37.2 Å². The third-order valence-electron chi connectivity index (χ3n) is 4.38. The number of oxazole rings is 1. The van der Waals surface area contributed by atoms with Crippen LogP contribution in [0, 0.1) is 6.92 Å². The van der Waals surface area contributed by atoms with E-state index in [2.05, 4.69) is 15.1 Å². The minimum absolute atomic E-state index is 0.337. The number of nitrogens with two attached hydrogens (primary N) is 1. The predicted octanol–water partition coefficient (Wildman–Crippen LogP) is 3.43. The molecular weight excluding hydrogens is 292 g/mol. The minimum atomic E-state index is -0.474. The summed E-state index contributed by atoms with van der Waals surface area (Å²) in [4.78, 5) is 8.92. The average Bonchev–Trinajstić information content (AvgIpc) is 3.28. The molecule has 2 N–H and O–H groups in total. The first-order chi connectivity index (χ1) is 11.2. The molecule has 1 aliphatic carbocycles. The van der Waals surface area contributed by atoms with E-state index in [4.69, 9.17) is 14.7 Å². The first-order valence-corrected chi connectivity index (χ1v) is 7.82. The van der Waals surface area contributed by atoms with Gasteiger partial charge >= 0.3 is 0 Å². The fourth-order valence-electron chi connectivity index (χ4n) is 3.05. The highest BCUT2D eigenvalue weighted by molar-refractivity contribution is 5.58. The van der Waals surface area contributed by atoms with Crippen molar-refractivity contribution in [1.82, 2.24) is 15.1 Å². The number of nitrogens with zero attached hydrogens (tertiary/aromatic N) is 3. The molecular formula is C17H18N4O2. The van der Waals surface area contributed by atoms with Crippen molar-refractivity contribution >= 4 is 0 Å². The van der Waals surface area contributed by atoms with E-state index < -0.39 is 5.54 Å². The van der Waals surface area contributed by atoms with Crippen molar-refractivity contribution in [3.63, 3.8) is 0 Å². The minimum Gasteiger partial charge on any atom is -0.431 e. The van der Waals surface area contributed by atoms with E-state index in [9.17, 15) is 0 Å². The van der Waals surface area contributed by atoms with Gasteiger partial charge in [-0.2, -0.15) is 4.98 Å². The van der Waals surface area contributed by atoms with Crippen molar-refractivity contribution in [2.45, 2.75) is 38.1 Å². The Kier molecular flexibility index (Phi) is 3.27. The summed E-state index contributed by atoms with van der Waals surface area (Å²) >= 11 is 0. The number of hydrogen-bond acceptors (Lipinski definition) is 6. The maximum absolute atomic E-state index is 6.37. The molecule has 23 heavy (non-hydrogen) atoms. The number of aryl methyl sites for hydroxylation is 1. The lowest BCUT2D eigenvalue weighted by molar-refractivity contribution is 0.368. The topological polar surface area (TPSA) is 91.0 Å². The Bertz CT molecular complexity index is 816. The molecule has 0 atom stereocenters. The molecule has 6 heteroatoms. The van der Waals surface area contributed by atoms with E-state index in [1.165, 1.54) is 0 Å². The summed E-state index contributed by atoms with van der Waals surface area (Å²) in [5.41, 5.74) is 7.53. The second-order valence-electron chi connectivity index (χ2n) is 6.09. The van der Waals surface area contributed by atoms with Crippen molar-refractivity contribution in [3.05, 3.63) is 41.9 Å². The Morgan fingerprint density at radius 3 is 2.52 bits per heavy atom. The third kappa shape index (κ3) is 2.45. The Morgan fingerprint density at radius 2 is 1.78 bits per heavy atom. The van der Waals surface area contributed by atoms with Crippen molar-refractivity contribution in [2.75, 3.05) is 0 Å². The Labute approximate surface area is 133 Å². The van der Waals surface area contributed by atoms with E-state index in [-0.39, 0.29) is 0 Å². The largest absolute Gasteiger partial charge is 0.431 e. The summed E-state index contributed by atoms with van der Waals surface area (Å²) in [5.74, 6) is 1.94. The quantitative estimate of drug-likeness (QED) is 0.797. The summed E-state index contributed by atoms with van der Waals surface area (Å²) in [7, 11) is 0. The van der Waals surface area contributed by atoms with E-state index in [1.807, 2.05) is 37.3 Å². The Hall–Kier alpha value is -2.47. The highest BCUT2D eigenvalue weighted by Gasteiger charge is 2.36. The van der Waals surface area contributed by atoms with E-state index in [0.717, 1.165) is 36.9 Å². The van der Waals surface area contributed by atoms with Crippen molar-refractivity contribution in [3.8, 4) is 23.1 Å². The third-order valence-corrected chi connectivity index (χ3v) is 4.38. The van der Waals surface area contributed by atoms with E-state index >= 15 is 0 Å². The number of benzene rings is 1. The molecule has 0 unspecified atom stereocenters. The summed E-state index contributed by atoms with van der Waals surface area (Å²) in [6, 6.07) is 9.73. The van der Waals surface area contributed by atoms with Gasteiger partial charge in [0.2, 0.25) is 11.7 Å². The lowest BCUT2D eigenvalue weighted by atomic mass is 9.99. The van der Waals surface area contributed by atoms with Gasteiger partial charge in [-0.25, -0.2) is 4.98 Å². The molecule has 0 amide bonds. The lowest BCUT2D eigenvalue weighted by Gasteiger charge is -2.17. The number of rotatable bonds is 3. The molecule has 6 nitrogen and oxygen atoms in total. The molecule has 0 bridgehead atoms. The van der Waals surface area contributed by atoms with Gasteiger partial charge in [0.1, 0.15) is 0 Å². The molecule has 118 valence electrons. The van der Waals surface area contributed by atoms with Crippen LogP contribution in [-0.2, 0) is 5.54 Å². The van der Waals surface area contributed by atoms with Gasteiger partial charge < -0.3 is 14.7 Å². The molecule has 3 aromatic rings. The van der Waals surface area contributed by atoms with Crippen molar-refractivity contribution in [2.24, 2.45) is 5.73 Å². The molecule has 2 heterocycles. The van der Waals surface area contributed by atoms with Gasteiger partial charge in [0.25, 0.3) is 5.89 Å². The zero-order chi connectivity index (χ0) is 15.9. The zero-order valence-electron chi connectivity index (χ0n) is 13.0. The molecule has 1 aliphatic rings. The maximum Gasteiger partial charge on any atom is 0.295 e. The van der Waals surface area contributed by atoms with Crippen LogP contribution in [-0.4, -0.2) is 15.1 Å². The zero-order valence-corrected chi connectivity index (χ0v) is 13.0. The van der Waals surface area contributed by atoms with Crippen LogP contribution in [0.15, 0.2) is 39.3 Å². The average molecular weight is 310 g/mol. The van der Waals surface area contributed by atoms with E-state index in [0.29, 0.717) is 23.4 Å². The molecule has 1 aromatic carbocycles. The standard InChI is InChI=1S/C17H18N4O2/c1-11-13(22-14(19-11)12-7-3-2-4-8-12)15-20-16(21-23-15)17(18)9-5-6-10-17/h2-4,7-8H,5-6,9-10,18H2,1H3. The molecule has 4 rings (SSSR count). The van der Waals surface area contributed by atoms with Crippen molar-refractivity contribution < 1.29 is 8.94 Å². The Morgan fingerprint density at radius 1 is 1.04 bits per heavy atom. The van der Waals surface area contributed by atoms with Crippen LogP contribution in [0.25, 0.3) is 23.1 Å². The van der Waals surface area contributed by atoms with Crippen LogP contribution in [0.4, 0.5) is 0 Å². The number of aromatic nitrogens is 3. The summed E-state index contributed by atoms with van der Waals surface area (Å²) in [6.45, 7) is 1.86. The van der Waals surface area contributed by atoms with Crippen molar-refractivity contribution in [1.29, 1.82) is 0 Å². The first-order valence-electron chi connectivity index (χ1n) is 7.82. The second kappa shape index (κ2) is 5.31. The highest BCUT2D eigenvalue weighted by Crippen LogP contribution is 2.36. The van der Waals surface area contributed by atoms with Gasteiger partial charge in [0, 0.05) is 5.56 Å². The maximum atomic E-state index is 6.37. The Balaban J connectivity index is 1.69. The SMILES string of the molecule is Cc1nc(-c2ccccc2)oc1-c1nc(C2(N)CCCC2)no1. The van der Waals surface area contributed by atoms with Gasteiger partial charge in [-0.05, 0) is 31.9 Å². The van der Waals surface area contributed by atoms with Gasteiger partial charge in [0.15, 0.2) is 5.82 Å². The highest BCUT2D eigenvalue weighted by atomic mass is 16.5. The fraction of sp³-hybridized carbons (Fsp3) is 0.353. The van der Waals surface area contributed by atoms with Crippen LogP contribution in [0.5, 0.6) is 0 Å². The normalized spacial score (nSPS) is 16.8. The molecule has 0 saturated heterocycles. The summed E-state index contributed by atoms with van der Waals surface area (Å²) in [5, 5.41) is 4.07. The molecule has 1 fully saturated rings. The van der Waals surface area contributed by atoms with Crippen LogP contribution < -0.4 is 5.73 Å². The summed E-state index contributed by atoms with van der Waals surface area (Å²) in [6.07, 6.45) is 3.97. The number of hydrogen-bond donors (Lipinski definition) is 1. The van der Waals surface area contributed by atoms with Gasteiger partial charge in [-0.3, -0.25) is 0 Å². The molecule has 0 radical (unpaired) electrons. The van der Waals surface area contributed by atoms with Gasteiger partial charge in [-0.1, -0.05) is 36.2 Å². The summed E-state index contributed by atoms with van der Waals surface area (Å²) < 4.78 is 11.2. The van der Waals surface area contributed by atoms with Crippen LogP contribution in [0.2, 0.25) is 0 Å². The smallest absolute Gasteiger partial charge is 0.295 e. The molecule has 1 saturated carbocycles. The van der Waals surface area contributed by atoms with Gasteiger partial charge in [0.05, 0.1) is 11.2 Å². The fourth-order valence-corrected chi connectivity index (χ4v) is 3.05. The molecule has 2 aromatic heterocycles.